The molecule has 0 unspecified atom stereocenters. The first-order valence-electron chi connectivity index (χ1n) is 8.75. The zero-order chi connectivity index (χ0) is 20.7. The zero-order valence-electron chi connectivity index (χ0n) is 15.9. The molecular weight excluding hydrogens is 380 g/mol. The molecule has 0 aromatic heterocycles. The van der Waals surface area contributed by atoms with Crippen LogP contribution in [0.2, 0.25) is 0 Å². The van der Waals surface area contributed by atoms with Crippen molar-refractivity contribution in [2.24, 2.45) is 0 Å². The molecule has 148 valence electrons. The van der Waals surface area contributed by atoms with Crippen molar-refractivity contribution in [1.82, 2.24) is 9.62 Å². The lowest BCUT2D eigenvalue weighted by Gasteiger charge is -2.21. The molecule has 2 aromatic rings. The Hall–Kier alpha value is -2.71. The van der Waals surface area contributed by atoms with E-state index in [0.29, 0.717) is 22.3 Å². The van der Waals surface area contributed by atoms with Crippen LogP contribution in [0.25, 0.3) is 11.1 Å². The molecule has 0 atom stereocenters. The molecule has 1 aliphatic rings. The molecular formula is C20H22N2O5S. The SMILES string of the molecule is CC(C)(C)NS(=O)(=O)c1ccccc1-c1ccc2c(c1)CN(CC(=O)O)C2=O. The second-order valence-corrected chi connectivity index (χ2v) is 9.43. The molecule has 0 saturated heterocycles. The molecule has 0 aliphatic carbocycles. The first kappa shape index (κ1) is 20.0. The van der Waals surface area contributed by atoms with Gasteiger partial charge in [-0.1, -0.05) is 24.3 Å². The van der Waals surface area contributed by atoms with E-state index in [1.54, 1.807) is 63.2 Å². The van der Waals surface area contributed by atoms with Crippen molar-refractivity contribution >= 4 is 21.9 Å². The minimum absolute atomic E-state index is 0.150. The largest absolute Gasteiger partial charge is 0.480 e. The fourth-order valence-corrected chi connectivity index (χ4v) is 4.89. The van der Waals surface area contributed by atoms with Gasteiger partial charge in [0.05, 0.1) is 4.90 Å². The number of nitrogens with zero attached hydrogens (tertiary/aromatic N) is 1. The van der Waals surface area contributed by atoms with Gasteiger partial charge in [-0.25, -0.2) is 13.1 Å². The zero-order valence-corrected chi connectivity index (χ0v) is 16.7. The lowest BCUT2D eigenvalue weighted by atomic mass is 10.0. The van der Waals surface area contributed by atoms with Gasteiger partial charge in [-0.05, 0) is 50.1 Å². The number of carboxylic acid groups (broad SMARTS) is 1. The van der Waals surface area contributed by atoms with Crippen LogP contribution in [0.3, 0.4) is 0 Å². The molecule has 0 saturated carbocycles. The second-order valence-electron chi connectivity index (χ2n) is 7.78. The third-order valence-corrected chi connectivity index (χ3v) is 6.05. The van der Waals surface area contributed by atoms with Gasteiger partial charge < -0.3 is 10.0 Å². The summed E-state index contributed by atoms with van der Waals surface area (Å²) in [6, 6.07) is 11.7. The Morgan fingerprint density at radius 1 is 1.14 bits per heavy atom. The van der Waals surface area contributed by atoms with Crippen LogP contribution in [0.15, 0.2) is 47.4 Å². The maximum absolute atomic E-state index is 12.9. The lowest BCUT2D eigenvalue weighted by Crippen LogP contribution is -2.40. The highest BCUT2D eigenvalue weighted by atomic mass is 32.2. The molecule has 7 nitrogen and oxygen atoms in total. The number of benzene rings is 2. The molecule has 1 aliphatic heterocycles. The van der Waals surface area contributed by atoms with Gasteiger partial charge in [0.2, 0.25) is 10.0 Å². The van der Waals surface area contributed by atoms with Crippen molar-refractivity contribution in [2.75, 3.05) is 6.54 Å². The van der Waals surface area contributed by atoms with E-state index in [9.17, 15) is 18.0 Å². The van der Waals surface area contributed by atoms with Crippen LogP contribution in [0.4, 0.5) is 0 Å². The Balaban J connectivity index is 2.02. The third kappa shape index (κ3) is 4.07. The molecule has 0 fully saturated rings. The summed E-state index contributed by atoms with van der Waals surface area (Å²) < 4.78 is 28.4. The molecule has 8 heteroatoms. The highest BCUT2D eigenvalue weighted by Crippen LogP contribution is 2.32. The van der Waals surface area contributed by atoms with Crippen LogP contribution in [0.5, 0.6) is 0 Å². The normalized spacial score (nSPS) is 14.2. The van der Waals surface area contributed by atoms with E-state index in [0.717, 1.165) is 0 Å². The number of hydrogen-bond donors (Lipinski definition) is 2. The number of nitrogens with one attached hydrogen (secondary N) is 1. The average Bonchev–Trinajstić information content (AvgIpc) is 2.87. The van der Waals surface area contributed by atoms with Crippen LogP contribution < -0.4 is 4.72 Å². The van der Waals surface area contributed by atoms with Crippen LogP contribution in [0, 0.1) is 0 Å². The highest BCUT2D eigenvalue weighted by Gasteiger charge is 2.30. The maximum Gasteiger partial charge on any atom is 0.323 e. The Labute approximate surface area is 164 Å². The van der Waals surface area contributed by atoms with E-state index >= 15 is 0 Å². The van der Waals surface area contributed by atoms with Gasteiger partial charge in [0.15, 0.2) is 0 Å². The standard InChI is InChI=1S/C20H22N2O5S/c1-20(2,3)21-28(26,27)17-7-5-4-6-15(17)13-8-9-16-14(10-13)11-22(19(16)25)12-18(23)24/h4-10,21H,11-12H2,1-3H3,(H,23,24). The fraction of sp³-hybridized carbons (Fsp3) is 0.300. The summed E-state index contributed by atoms with van der Waals surface area (Å²) in [5.41, 5.74) is 1.66. The highest BCUT2D eigenvalue weighted by molar-refractivity contribution is 7.89. The van der Waals surface area contributed by atoms with Crippen molar-refractivity contribution in [3.63, 3.8) is 0 Å². The van der Waals surface area contributed by atoms with Gasteiger partial charge in [-0.2, -0.15) is 0 Å². The number of sulfonamides is 1. The van der Waals surface area contributed by atoms with E-state index in [1.807, 2.05) is 0 Å². The van der Waals surface area contributed by atoms with Crippen molar-refractivity contribution < 1.29 is 23.1 Å². The first-order valence-corrected chi connectivity index (χ1v) is 10.2. The van der Waals surface area contributed by atoms with Crippen molar-refractivity contribution in [3.8, 4) is 11.1 Å². The topological polar surface area (TPSA) is 104 Å². The number of carbonyl (C=O) groups excluding carboxylic acids is 1. The molecule has 2 N–H and O–H groups in total. The van der Waals surface area contributed by atoms with Gasteiger partial charge in [0.25, 0.3) is 5.91 Å². The minimum Gasteiger partial charge on any atom is -0.480 e. The maximum atomic E-state index is 12.9. The number of rotatable bonds is 5. The first-order chi connectivity index (χ1) is 13.0. The van der Waals surface area contributed by atoms with Crippen LogP contribution >= 0.6 is 0 Å². The predicted octanol–water partition coefficient (Wildman–Crippen LogP) is 2.47. The summed E-state index contributed by atoms with van der Waals surface area (Å²) in [5, 5.41) is 8.95. The quantitative estimate of drug-likeness (QED) is 0.800. The molecule has 2 aromatic carbocycles. The minimum atomic E-state index is -3.75. The Morgan fingerprint density at radius 3 is 2.46 bits per heavy atom. The van der Waals surface area contributed by atoms with Crippen LogP contribution in [-0.4, -0.2) is 42.4 Å². The smallest absolute Gasteiger partial charge is 0.323 e. The van der Waals surface area contributed by atoms with Crippen molar-refractivity contribution in [2.45, 2.75) is 37.8 Å². The summed E-state index contributed by atoms with van der Waals surface area (Å²) in [7, 11) is -3.75. The number of carbonyl (C=O) groups is 2. The molecule has 3 rings (SSSR count). The summed E-state index contributed by atoms with van der Waals surface area (Å²) in [5.74, 6) is -1.41. The Morgan fingerprint density at radius 2 is 1.82 bits per heavy atom. The number of carboxylic acids is 1. The molecule has 0 spiro atoms. The van der Waals surface area contributed by atoms with Gasteiger partial charge in [0, 0.05) is 23.2 Å². The molecule has 28 heavy (non-hydrogen) atoms. The lowest BCUT2D eigenvalue weighted by molar-refractivity contribution is -0.137. The van der Waals surface area contributed by atoms with E-state index in [1.165, 1.54) is 4.90 Å². The van der Waals surface area contributed by atoms with Crippen molar-refractivity contribution in [1.29, 1.82) is 0 Å². The summed E-state index contributed by atoms with van der Waals surface area (Å²) >= 11 is 0. The van der Waals surface area contributed by atoms with E-state index < -0.39 is 21.5 Å². The number of amides is 1. The van der Waals surface area contributed by atoms with Crippen molar-refractivity contribution in [3.05, 3.63) is 53.6 Å². The fourth-order valence-electron chi connectivity index (χ4n) is 3.24. The number of hydrogen-bond acceptors (Lipinski definition) is 4. The number of fused-ring (bicyclic) bond motifs is 1. The van der Waals surface area contributed by atoms with E-state index in [2.05, 4.69) is 4.72 Å². The van der Waals surface area contributed by atoms with Gasteiger partial charge in [0.1, 0.15) is 6.54 Å². The summed E-state index contributed by atoms with van der Waals surface area (Å²) in [6.07, 6.45) is 0. The Kier molecular flexibility index (Phi) is 5.03. The predicted molar refractivity (Wildman–Crippen MR) is 104 cm³/mol. The average molecular weight is 402 g/mol. The number of aliphatic carboxylic acids is 1. The van der Waals surface area contributed by atoms with Gasteiger partial charge in [-0.15, -0.1) is 0 Å². The van der Waals surface area contributed by atoms with E-state index in [-0.39, 0.29) is 23.9 Å². The molecule has 1 heterocycles. The van der Waals surface area contributed by atoms with Crippen LogP contribution in [0.1, 0.15) is 36.7 Å². The monoisotopic (exact) mass is 402 g/mol. The molecule has 0 radical (unpaired) electrons. The molecule has 1 amide bonds. The van der Waals surface area contributed by atoms with Crippen LogP contribution in [-0.2, 0) is 21.4 Å². The van der Waals surface area contributed by atoms with Gasteiger partial charge in [-0.3, -0.25) is 9.59 Å². The third-order valence-electron chi connectivity index (χ3n) is 4.24. The second kappa shape index (κ2) is 7.03. The summed E-state index contributed by atoms with van der Waals surface area (Å²) in [4.78, 5) is 24.7. The van der Waals surface area contributed by atoms with E-state index in [4.69, 9.17) is 5.11 Å². The molecule has 0 bridgehead atoms. The Bertz CT molecular complexity index is 1050. The summed E-state index contributed by atoms with van der Waals surface area (Å²) in [6.45, 7) is 5.12. The van der Waals surface area contributed by atoms with Gasteiger partial charge >= 0.3 is 5.97 Å².